The predicted molar refractivity (Wildman–Crippen MR) is 71.2 cm³/mol. The highest BCUT2D eigenvalue weighted by atomic mass is 16.6. The Hall–Kier alpha value is -2.35. The molecule has 0 aliphatic heterocycles. The van der Waals surface area contributed by atoms with Gasteiger partial charge >= 0.3 is 5.97 Å². The Kier molecular flexibility index (Phi) is 6.24. The molecule has 20 heavy (non-hydrogen) atoms. The van der Waals surface area contributed by atoms with Gasteiger partial charge in [-0.15, -0.1) is 0 Å². The molecule has 0 aliphatic rings. The van der Waals surface area contributed by atoms with Crippen LogP contribution in [0.1, 0.15) is 6.92 Å². The van der Waals surface area contributed by atoms with Gasteiger partial charge in [-0.1, -0.05) is 0 Å². The van der Waals surface area contributed by atoms with Crippen molar-refractivity contribution in [2.24, 2.45) is 0 Å². The smallest absolute Gasteiger partial charge is 0.329 e. The molecule has 8 heteroatoms. The zero-order chi connectivity index (χ0) is 15.0. The Bertz CT molecular complexity index is 477. The molecule has 8 nitrogen and oxygen atoms in total. The second-order valence-electron chi connectivity index (χ2n) is 3.78. The lowest BCUT2D eigenvalue weighted by molar-refractivity contribution is -0.384. The third-order valence-corrected chi connectivity index (χ3v) is 2.21. The van der Waals surface area contributed by atoms with Gasteiger partial charge in [0.25, 0.3) is 5.69 Å². The molecule has 0 radical (unpaired) electrons. The molecule has 0 atom stereocenters. The third kappa shape index (κ3) is 5.53. The molecule has 0 fully saturated rings. The number of hydrogen-bond donors (Lipinski definition) is 2. The van der Waals surface area contributed by atoms with Crippen LogP contribution in [-0.2, 0) is 9.53 Å². The van der Waals surface area contributed by atoms with E-state index in [0.29, 0.717) is 24.6 Å². The number of carbonyl (C=O) groups is 1. The van der Waals surface area contributed by atoms with Gasteiger partial charge in [-0.2, -0.15) is 0 Å². The first kappa shape index (κ1) is 15.7. The third-order valence-electron chi connectivity index (χ3n) is 2.21. The summed E-state index contributed by atoms with van der Waals surface area (Å²) < 4.78 is 10.1. The number of carboxylic acid groups (broad SMARTS) is 1. The first-order valence-electron chi connectivity index (χ1n) is 5.98. The summed E-state index contributed by atoms with van der Waals surface area (Å²) in [5, 5.41) is 22.1. The van der Waals surface area contributed by atoms with Crippen molar-refractivity contribution in [2.75, 3.05) is 31.7 Å². The monoisotopic (exact) mass is 284 g/mol. The molecule has 0 aliphatic carbocycles. The van der Waals surface area contributed by atoms with E-state index in [1.807, 2.05) is 0 Å². The minimum absolute atomic E-state index is 0.0788. The van der Waals surface area contributed by atoms with E-state index in [9.17, 15) is 14.9 Å². The van der Waals surface area contributed by atoms with Crippen molar-refractivity contribution in [2.45, 2.75) is 6.92 Å². The summed E-state index contributed by atoms with van der Waals surface area (Å²) in [4.78, 5) is 20.5. The highest BCUT2D eigenvalue weighted by molar-refractivity contribution is 5.68. The number of nitrogens with zero attached hydrogens (tertiary/aromatic N) is 1. The lowest BCUT2D eigenvalue weighted by Crippen LogP contribution is -2.14. The van der Waals surface area contributed by atoms with E-state index in [1.165, 1.54) is 12.1 Å². The van der Waals surface area contributed by atoms with Gasteiger partial charge in [0, 0.05) is 24.4 Å². The molecule has 1 rings (SSSR count). The largest absolute Gasteiger partial charge is 0.494 e. The summed E-state index contributed by atoms with van der Waals surface area (Å²) in [6, 6.07) is 4.35. The van der Waals surface area contributed by atoms with E-state index >= 15 is 0 Å². The van der Waals surface area contributed by atoms with Crippen molar-refractivity contribution in [3.8, 4) is 5.75 Å². The van der Waals surface area contributed by atoms with E-state index in [1.54, 1.807) is 13.0 Å². The Balaban J connectivity index is 2.59. The first-order chi connectivity index (χ1) is 9.52. The van der Waals surface area contributed by atoms with Crippen molar-refractivity contribution >= 4 is 17.3 Å². The SMILES string of the molecule is CCOc1cc(NCCOCC(=O)O)cc([N+](=O)[O-])c1. The van der Waals surface area contributed by atoms with Crippen molar-refractivity contribution in [3.05, 3.63) is 28.3 Å². The summed E-state index contributed by atoms with van der Waals surface area (Å²) in [5.41, 5.74) is 0.437. The molecule has 0 saturated carbocycles. The van der Waals surface area contributed by atoms with Crippen LogP contribution in [0, 0.1) is 10.1 Å². The van der Waals surface area contributed by atoms with Crippen molar-refractivity contribution in [1.82, 2.24) is 0 Å². The van der Waals surface area contributed by atoms with E-state index in [-0.39, 0.29) is 18.9 Å². The highest BCUT2D eigenvalue weighted by Crippen LogP contribution is 2.25. The van der Waals surface area contributed by atoms with E-state index < -0.39 is 10.9 Å². The zero-order valence-electron chi connectivity index (χ0n) is 11.0. The average Bonchev–Trinajstić information content (AvgIpc) is 2.38. The summed E-state index contributed by atoms with van der Waals surface area (Å²) in [7, 11) is 0. The maximum Gasteiger partial charge on any atom is 0.329 e. The van der Waals surface area contributed by atoms with Crippen molar-refractivity contribution < 1.29 is 24.3 Å². The molecule has 2 N–H and O–H groups in total. The predicted octanol–water partition coefficient (Wildman–Crippen LogP) is 1.51. The molecule has 0 unspecified atom stereocenters. The highest BCUT2D eigenvalue weighted by Gasteiger charge is 2.10. The van der Waals surface area contributed by atoms with E-state index in [2.05, 4.69) is 5.32 Å². The van der Waals surface area contributed by atoms with Crippen LogP contribution < -0.4 is 10.1 Å². The number of benzene rings is 1. The van der Waals surface area contributed by atoms with Crippen LogP contribution in [0.4, 0.5) is 11.4 Å². The number of aliphatic carboxylic acids is 1. The Morgan fingerprint density at radius 2 is 2.20 bits per heavy atom. The number of nitro groups is 1. The van der Waals surface area contributed by atoms with Crippen molar-refractivity contribution in [3.63, 3.8) is 0 Å². The molecular weight excluding hydrogens is 268 g/mol. The molecule has 1 aromatic carbocycles. The van der Waals surface area contributed by atoms with Gasteiger partial charge < -0.3 is 19.9 Å². The molecule has 1 aromatic rings. The number of nitro benzene ring substituents is 1. The van der Waals surface area contributed by atoms with Crippen LogP contribution in [0.3, 0.4) is 0 Å². The number of non-ortho nitro benzene ring substituents is 1. The van der Waals surface area contributed by atoms with Gasteiger partial charge in [0.1, 0.15) is 12.4 Å². The van der Waals surface area contributed by atoms with Crippen LogP contribution >= 0.6 is 0 Å². The molecule has 0 amide bonds. The average molecular weight is 284 g/mol. The molecule has 110 valence electrons. The Labute approximate surface area is 115 Å². The van der Waals surface area contributed by atoms with Gasteiger partial charge in [-0.25, -0.2) is 4.79 Å². The Morgan fingerprint density at radius 3 is 2.80 bits per heavy atom. The second kappa shape index (κ2) is 7.95. The van der Waals surface area contributed by atoms with Gasteiger partial charge in [-0.3, -0.25) is 10.1 Å². The van der Waals surface area contributed by atoms with Crippen molar-refractivity contribution in [1.29, 1.82) is 0 Å². The minimum Gasteiger partial charge on any atom is -0.494 e. The number of nitrogens with one attached hydrogen (secondary N) is 1. The van der Waals surface area contributed by atoms with E-state index in [4.69, 9.17) is 14.6 Å². The second-order valence-corrected chi connectivity index (χ2v) is 3.78. The summed E-state index contributed by atoms with van der Waals surface area (Å²) in [5.74, 6) is -0.644. The molecule has 0 saturated heterocycles. The van der Waals surface area contributed by atoms with Crippen LogP contribution in [0.5, 0.6) is 5.75 Å². The Morgan fingerprint density at radius 1 is 1.45 bits per heavy atom. The lowest BCUT2D eigenvalue weighted by atomic mass is 10.2. The fourth-order valence-corrected chi connectivity index (χ4v) is 1.47. The molecule has 0 aromatic heterocycles. The molecular formula is C12H16N2O6. The number of rotatable bonds is 9. The normalized spacial score (nSPS) is 10.1. The van der Waals surface area contributed by atoms with E-state index in [0.717, 1.165) is 0 Å². The van der Waals surface area contributed by atoms with Gasteiger partial charge in [0.2, 0.25) is 0 Å². The first-order valence-corrected chi connectivity index (χ1v) is 5.98. The maximum atomic E-state index is 10.8. The minimum atomic E-state index is -1.04. The molecule has 0 bridgehead atoms. The molecule has 0 heterocycles. The summed E-state index contributed by atoms with van der Waals surface area (Å²) >= 11 is 0. The number of carboxylic acids is 1. The van der Waals surface area contributed by atoms with Gasteiger partial charge in [-0.05, 0) is 6.92 Å². The fourth-order valence-electron chi connectivity index (χ4n) is 1.47. The number of anilines is 1. The maximum absolute atomic E-state index is 10.8. The number of hydrogen-bond acceptors (Lipinski definition) is 6. The summed E-state index contributed by atoms with van der Waals surface area (Å²) in [6.45, 7) is 2.33. The van der Waals surface area contributed by atoms with Crippen LogP contribution in [-0.4, -0.2) is 42.4 Å². The zero-order valence-corrected chi connectivity index (χ0v) is 11.0. The van der Waals surface area contributed by atoms with Crippen LogP contribution in [0.25, 0.3) is 0 Å². The van der Waals surface area contributed by atoms with Crippen LogP contribution in [0.15, 0.2) is 18.2 Å². The molecule has 0 spiro atoms. The number of ether oxygens (including phenoxy) is 2. The fraction of sp³-hybridized carbons (Fsp3) is 0.417. The quantitative estimate of drug-likeness (QED) is 0.401. The standard InChI is InChI=1S/C12H16N2O6/c1-2-20-11-6-9(5-10(7-11)14(17)18)13-3-4-19-8-12(15)16/h5-7,13H,2-4,8H2,1H3,(H,15,16). The van der Waals surface area contributed by atoms with Gasteiger partial charge in [0.05, 0.1) is 24.2 Å². The van der Waals surface area contributed by atoms with Gasteiger partial charge in [0.15, 0.2) is 0 Å². The van der Waals surface area contributed by atoms with Crippen LogP contribution in [0.2, 0.25) is 0 Å². The summed E-state index contributed by atoms with van der Waals surface area (Å²) in [6.07, 6.45) is 0. The lowest BCUT2D eigenvalue weighted by Gasteiger charge is -2.09. The topological polar surface area (TPSA) is 111 Å².